The normalized spacial score (nSPS) is 13.5. The highest BCUT2D eigenvalue weighted by Gasteiger charge is 2.24. The van der Waals surface area contributed by atoms with Crippen molar-refractivity contribution in [3.63, 3.8) is 0 Å². The number of hydrogen-bond acceptors (Lipinski definition) is 7. The number of aryl methyl sites for hydroxylation is 3. The van der Waals surface area contributed by atoms with Crippen LogP contribution in [-0.2, 0) is 20.1 Å². The Morgan fingerprint density at radius 1 is 0.941 bits per heavy atom. The van der Waals surface area contributed by atoms with Crippen LogP contribution in [0, 0.1) is 26.7 Å². The number of likely N-dealkylation sites (N-methyl/N-ethyl adjacent to an activating group) is 1. The molecule has 2 unspecified atom stereocenters. The molecule has 1 saturated heterocycles. The van der Waals surface area contributed by atoms with Crippen LogP contribution in [0.4, 0.5) is 13.2 Å². The van der Waals surface area contributed by atoms with Crippen LogP contribution in [0.25, 0.3) is 17.0 Å². The Balaban J connectivity index is -0.000000546. The average molecular weight is 746 g/mol. The Hall–Kier alpha value is -3.19. The maximum absolute atomic E-state index is 10.4. The highest BCUT2D eigenvalue weighted by atomic mass is 32.2. The first-order valence-corrected chi connectivity index (χ1v) is 18.8. The number of aromatic nitrogens is 1. The highest BCUT2D eigenvalue weighted by molar-refractivity contribution is 7.79. The number of benzene rings is 2. The molecular weight excluding hydrogens is 680 g/mol. The number of fused-ring (bicyclic) bond motifs is 1. The molecule has 2 atom stereocenters. The van der Waals surface area contributed by atoms with Crippen LogP contribution < -0.4 is 5.32 Å². The lowest BCUT2D eigenvalue weighted by Crippen LogP contribution is -2.40. The number of phenols is 1. The fourth-order valence-corrected chi connectivity index (χ4v) is 3.97. The number of piperazine rings is 1. The zero-order valence-corrected chi connectivity index (χ0v) is 33.8. The largest absolute Gasteiger partial charge is 0.516 e. The van der Waals surface area contributed by atoms with Crippen molar-refractivity contribution < 1.29 is 36.6 Å². The minimum absolute atomic E-state index is 0.126. The number of phenolic OH excluding ortho intramolecular Hbond substituents is 1. The number of carbonyl (C=O) groups is 1. The van der Waals surface area contributed by atoms with Gasteiger partial charge in [0.2, 0.25) is 6.29 Å². The van der Waals surface area contributed by atoms with Gasteiger partial charge in [0.05, 0.1) is 17.9 Å². The van der Waals surface area contributed by atoms with Crippen LogP contribution in [0.15, 0.2) is 48.9 Å². The Labute approximate surface area is 308 Å². The van der Waals surface area contributed by atoms with Crippen LogP contribution >= 0.6 is 0 Å². The molecule has 0 aliphatic carbocycles. The molecule has 2 aromatic carbocycles. The quantitative estimate of drug-likeness (QED) is 0.152. The summed E-state index contributed by atoms with van der Waals surface area (Å²) < 4.78 is 46.4. The number of H-pyrrole nitrogens is 1. The summed E-state index contributed by atoms with van der Waals surface area (Å²) in [6.07, 6.45) is 4.13. The topological polar surface area (TPSA) is 115 Å². The van der Waals surface area contributed by atoms with Gasteiger partial charge in [-0.05, 0) is 75.9 Å². The van der Waals surface area contributed by atoms with Gasteiger partial charge in [0.25, 0.3) is 0 Å². The van der Waals surface area contributed by atoms with Crippen molar-refractivity contribution in [2.24, 2.45) is 5.92 Å². The fourth-order valence-electron chi connectivity index (χ4n) is 3.37. The van der Waals surface area contributed by atoms with Crippen molar-refractivity contribution in [3.05, 3.63) is 71.1 Å². The van der Waals surface area contributed by atoms with Crippen molar-refractivity contribution in [3.8, 4) is 5.75 Å². The maximum Gasteiger partial charge on any atom is 0.446 e. The van der Waals surface area contributed by atoms with Gasteiger partial charge in [-0.2, -0.15) is 13.2 Å². The van der Waals surface area contributed by atoms with Gasteiger partial charge < -0.3 is 25.4 Å². The van der Waals surface area contributed by atoms with E-state index in [1.54, 1.807) is 12.1 Å². The van der Waals surface area contributed by atoms with Gasteiger partial charge in [-0.15, -0.1) is 0 Å². The highest BCUT2D eigenvalue weighted by Crippen LogP contribution is 2.29. The molecule has 1 aliphatic heterocycles. The van der Waals surface area contributed by atoms with E-state index in [4.69, 9.17) is 14.1 Å². The Morgan fingerprint density at radius 2 is 1.43 bits per heavy atom. The number of aliphatic hydroxyl groups is 1. The minimum atomic E-state index is -4.64. The second kappa shape index (κ2) is 31.5. The molecule has 3 aromatic rings. The van der Waals surface area contributed by atoms with E-state index in [9.17, 15) is 22.5 Å². The SMILES string of the molecule is CC(C)C.CCC(C)OS(C)=O.CCCC.CN1CCNCC1.Cc1ccc(/C=C/O)cc1.Cc1ccc(O)c2c(C)c[nH]c12.O=CC(F)(F)F. The molecule has 1 fully saturated rings. The van der Waals surface area contributed by atoms with Crippen molar-refractivity contribution in [1.82, 2.24) is 15.2 Å². The molecule has 4 N–H and O–H groups in total. The summed E-state index contributed by atoms with van der Waals surface area (Å²) in [6.45, 7) is 25.5. The third kappa shape index (κ3) is 32.5. The minimum Gasteiger partial charge on any atom is -0.516 e. The fraction of sp³-hybridized carbons (Fsp3) is 0.564. The van der Waals surface area contributed by atoms with E-state index >= 15 is 0 Å². The summed E-state index contributed by atoms with van der Waals surface area (Å²) in [5, 5.41) is 22.2. The number of alkyl halides is 3. The van der Waals surface area contributed by atoms with Gasteiger partial charge in [0.15, 0.2) is 11.1 Å². The molecule has 12 heteroatoms. The summed E-state index contributed by atoms with van der Waals surface area (Å²) in [5.41, 5.74) is 5.54. The molecule has 0 amide bonds. The number of nitrogens with zero attached hydrogens (tertiary/aromatic N) is 1. The van der Waals surface area contributed by atoms with E-state index in [0.717, 1.165) is 59.3 Å². The van der Waals surface area contributed by atoms with E-state index in [1.165, 1.54) is 37.8 Å². The van der Waals surface area contributed by atoms with Crippen LogP contribution in [0.1, 0.15) is 90.0 Å². The zero-order valence-electron chi connectivity index (χ0n) is 33.0. The zero-order chi connectivity index (χ0) is 40.0. The number of nitrogens with one attached hydrogen (secondary N) is 2. The molecule has 1 aliphatic rings. The van der Waals surface area contributed by atoms with Gasteiger partial charge in [-0.25, -0.2) is 4.21 Å². The summed E-state index contributed by atoms with van der Waals surface area (Å²) in [4.78, 5) is 14.2. The molecular formula is C39H66F3N3O5S. The number of carbonyl (C=O) groups excluding carboxylic acids is 1. The summed E-state index contributed by atoms with van der Waals surface area (Å²) in [6, 6.07) is 11.6. The summed E-state index contributed by atoms with van der Waals surface area (Å²) in [5.74, 6) is 1.19. The molecule has 8 nitrogen and oxygen atoms in total. The predicted octanol–water partition coefficient (Wildman–Crippen LogP) is 9.85. The molecule has 0 spiro atoms. The lowest BCUT2D eigenvalue weighted by Gasteiger charge is -2.21. The number of unbranched alkanes of at least 4 members (excludes halogenated alkanes) is 1. The lowest BCUT2D eigenvalue weighted by atomic mass is 10.1. The first kappa shape index (κ1) is 52.2. The van der Waals surface area contributed by atoms with Crippen LogP contribution in [0.5, 0.6) is 5.75 Å². The average Bonchev–Trinajstić information content (AvgIpc) is 3.47. The van der Waals surface area contributed by atoms with Crippen LogP contribution in [0.3, 0.4) is 0 Å². The van der Waals surface area contributed by atoms with Gasteiger partial charge in [-0.3, -0.25) is 8.98 Å². The number of aromatic hydroxyl groups is 1. The number of aliphatic hydroxyl groups excluding tert-OH is 1. The van der Waals surface area contributed by atoms with Crippen molar-refractivity contribution in [2.45, 2.75) is 101 Å². The van der Waals surface area contributed by atoms with E-state index in [0.29, 0.717) is 5.75 Å². The second-order valence-corrected chi connectivity index (χ2v) is 13.5. The lowest BCUT2D eigenvalue weighted by molar-refractivity contribution is -0.156. The van der Waals surface area contributed by atoms with Gasteiger partial charge in [0, 0.05) is 44.0 Å². The Bertz CT molecular complexity index is 1320. The third-order valence-corrected chi connectivity index (χ3v) is 7.01. The van der Waals surface area contributed by atoms with E-state index in [1.807, 2.05) is 71.1 Å². The van der Waals surface area contributed by atoms with Crippen molar-refractivity contribution in [2.75, 3.05) is 39.5 Å². The van der Waals surface area contributed by atoms with E-state index < -0.39 is 23.5 Å². The molecule has 1 aromatic heterocycles. The molecule has 0 radical (unpaired) electrons. The second-order valence-electron chi connectivity index (χ2n) is 12.5. The molecule has 2 heterocycles. The molecule has 4 rings (SSSR count). The maximum atomic E-state index is 10.4. The van der Waals surface area contributed by atoms with E-state index in [-0.39, 0.29) is 6.10 Å². The smallest absolute Gasteiger partial charge is 0.446 e. The molecule has 51 heavy (non-hydrogen) atoms. The van der Waals surface area contributed by atoms with Crippen molar-refractivity contribution >= 4 is 34.3 Å². The first-order chi connectivity index (χ1) is 23.8. The number of hydrogen-bond donors (Lipinski definition) is 4. The molecule has 0 saturated carbocycles. The van der Waals surface area contributed by atoms with Gasteiger partial charge in [-0.1, -0.05) is 90.3 Å². The number of aldehydes is 1. The predicted molar refractivity (Wildman–Crippen MR) is 211 cm³/mol. The van der Waals surface area contributed by atoms with E-state index in [2.05, 4.69) is 56.9 Å². The monoisotopic (exact) mass is 745 g/mol. The molecule has 294 valence electrons. The van der Waals surface area contributed by atoms with Gasteiger partial charge >= 0.3 is 6.18 Å². The summed E-state index contributed by atoms with van der Waals surface area (Å²) in [7, 11) is 2.15. The summed E-state index contributed by atoms with van der Waals surface area (Å²) >= 11 is -1.10. The number of halogens is 3. The number of rotatable bonds is 5. The Morgan fingerprint density at radius 3 is 1.75 bits per heavy atom. The van der Waals surface area contributed by atoms with Crippen LogP contribution in [0.2, 0.25) is 0 Å². The van der Waals surface area contributed by atoms with Crippen LogP contribution in [-0.4, -0.2) is 82.4 Å². The number of aromatic amines is 1. The van der Waals surface area contributed by atoms with Crippen molar-refractivity contribution in [1.29, 1.82) is 0 Å². The third-order valence-electron chi connectivity index (χ3n) is 6.41. The Kier molecular flexibility index (Phi) is 32.3. The molecule has 0 bridgehead atoms. The standard InChI is InChI=1S/C10H11NO.C9H10O.C5H12N2.C5H12O2S.2C4H10.C2HF3O/c1-6-3-4-8(12)9-7(2)5-11-10(6)9;1-8-2-4-9(5-3-8)6-7-10;1-7-4-2-6-3-5-7;1-4-5(2)7-8(3)6;1-4(2)3;1-3-4-2;3-2(4,5)1-6/h3-5,11-12H,1-2H3;2-7,10H,1H3;6H,2-5H2,1H3;5H,4H2,1-3H3;4H,1-3H3;3-4H2,1-2H3;1H/b;7-6+;;;;;. The van der Waals surface area contributed by atoms with Gasteiger partial charge in [0.1, 0.15) is 5.75 Å². The first-order valence-electron chi connectivity index (χ1n) is 17.4.